The van der Waals surface area contributed by atoms with Crippen molar-refractivity contribution in [2.45, 2.75) is 103 Å². The van der Waals surface area contributed by atoms with Crippen molar-refractivity contribution >= 4 is 11.9 Å². The van der Waals surface area contributed by atoms with E-state index in [1.54, 1.807) is 0 Å². The van der Waals surface area contributed by atoms with Gasteiger partial charge in [0.1, 0.15) is 0 Å². The SMILES string of the molecule is C=COC(=O)CCCCCCCCCCCCCCCCC(=O)O. The number of rotatable bonds is 18. The van der Waals surface area contributed by atoms with Gasteiger partial charge in [0.25, 0.3) is 0 Å². The molecule has 0 saturated carbocycles. The molecule has 0 saturated heterocycles. The van der Waals surface area contributed by atoms with Gasteiger partial charge < -0.3 is 9.84 Å². The van der Waals surface area contributed by atoms with Crippen LogP contribution in [0, 0.1) is 0 Å². The summed E-state index contributed by atoms with van der Waals surface area (Å²) in [4.78, 5) is 21.4. The van der Waals surface area contributed by atoms with Gasteiger partial charge in [-0.05, 0) is 12.8 Å². The van der Waals surface area contributed by atoms with Crippen LogP contribution in [0.3, 0.4) is 0 Å². The molecule has 0 aliphatic rings. The van der Waals surface area contributed by atoms with E-state index in [9.17, 15) is 9.59 Å². The number of carbonyl (C=O) groups excluding carboxylic acids is 1. The minimum absolute atomic E-state index is 0.174. The first kappa shape index (κ1) is 22.7. The molecular weight excluding hydrogens is 304 g/mol. The highest BCUT2D eigenvalue weighted by Gasteiger charge is 2.00. The van der Waals surface area contributed by atoms with Gasteiger partial charge in [-0.25, -0.2) is 0 Å². The van der Waals surface area contributed by atoms with Crippen molar-refractivity contribution in [3.05, 3.63) is 12.8 Å². The molecule has 0 spiro atoms. The van der Waals surface area contributed by atoms with Crippen LogP contribution in [0.15, 0.2) is 12.8 Å². The molecule has 0 radical (unpaired) electrons. The van der Waals surface area contributed by atoms with Crippen molar-refractivity contribution in [1.82, 2.24) is 0 Å². The fraction of sp³-hybridized carbons (Fsp3) is 0.800. The summed E-state index contributed by atoms with van der Waals surface area (Å²) in [7, 11) is 0. The third kappa shape index (κ3) is 18.7. The maximum Gasteiger partial charge on any atom is 0.310 e. The molecule has 4 nitrogen and oxygen atoms in total. The summed E-state index contributed by atoms with van der Waals surface area (Å²) < 4.78 is 4.67. The average Bonchev–Trinajstić information content (AvgIpc) is 2.54. The van der Waals surface area contributed by atoms with Crippen molar-refractivity contribution in [2.75, 3.05) is 0 Å². The summed E-state index contributed by atoms with van der Waals surface area (Å²) in [5, 5.41) is 8.54. The summed E-state index contributed by atoms with van der Waals surface area (Å²) in [5.74, 6) is -0.850. The lowest BCUT2D eigenvalue weighted by Crippen LogP contribution is -1.98. The molecule has 24 heavy (non-hydrogen) atoms. The number of carboxylic acids is 1. The largest absolute Gasteiger partial charge is 0.481 e. The second-order valence-corrected chi connectivity index (χ2v) is 6.50. The zero-order valence-corrected chi connectivity index (χ0v) is 15.3. The average molecular weight is 341 g/mol. The molecule has 0 aliphatic heterocycles. The summed E-state index contributed by atoms with van der Waals surface area (Å²) in [6.45, 7) is 3.37. The molecule has 0 amide bonds. The maximum absolute atomic E-state index is 11.1. The molecule has 0 unspecified atom stereocenters. The highest BCUT2D eigenvalue weighted by atomic mass is 16.5. The minimum atomic E-state index is -0.676. The topological polar surface area (TPSA) is 63.6 Å². The first-order chi connectivity index (χ1) is 11.7. The molecule has 1 N–H and O–H groups in total. The van der Waals surface area contributed by atoms with Crippen molar-refractivity contribution in [1.29, 1.82) is 0 Å². The van der Waals surface area contributed by atoms with Crippen LogP contribution in [-0.4, -0.2) is 17.0 Å². The first-order valence-electron chi connectivity index (χ1n) is 9.69. The van der Waals surface area contributed by atoms with Gasteiger partial charge in [-0.1, -0.05) is 83.6 Å². The Labute approximate surface area is 147 Å². The molecule has 140 valence electrons. The van der Waals surface area contributed by atoms with Gasteiger partial charge in [-0.2, -0.15) is 0 Å². The van der Waals surface area contributed by atoms with Crippen LogP contribution in [0.5, 0.6) is 0 Å². The Balaban J connectivity index is 3.06. The van der Waals surface area contributed by atoms with Crippen molar-refractivity contribution in [3.63, 3.8) is 0 Å². The number of carbonyl (C=O) groups is 2. The Morgan fingerprint density at radius 3 is 1.33 bits per heavy atom. The molecule has 0 aromatic heterocycles. The number of carboxylic acid groups (broad SMARTS) is 1. The zero-order valence-electron chi connectivity index (χ0n) is 15.3. The lowest BCUT2D eigenvalue weighted by molar-refractivity contribution is -0.138. The monoisotopic (exact) mass is 340 g/mol. The van der Waals surface area contributed by atoms with E-state index in [0.717, 1.165) is 25.7 Å². The number of esters is 1. The van der Waals surface area contributed by atoms with Crippen molar-refractivity contribution in [2.24, 2.45) is 0 Å². The van der Waals surface area contributed by atoms with Gasteiger partial charge in [0.05, 0.1) is 6.26 Å². The summed E-state index contributed by atoms with van der Waals surface area (Å²) in [5.41, 5.74) is 0. The highest BCUT2D eigenvalue weighted by molar-refractivity contribution is 5.69. The molecule has 0 heterocycles. The lowest BCUT2D eigenvalue weighted by atomic mass is 10.0. The molecule has 0 rings (SSSR count). The van der Waals surface area contributed by atoms with Gasteiger partial charge in [-0.3, -0.25) is 9.59 Å². The van der Waals surface area contributed by atoms with E-state index in [1.165, 1.54) is 70.5 Å². The third-order valence-electron chi connectivity index (χ3n) is 4.24. The van der Waals surface area contributed by atoms with Gasteiger partial charge >= 0.3 is 11.9 Å². The van der Waals surface area contributed by atoms with E-state index in [4.69, 9.17) is 5.11 Å². The van der Waals surface area contributed by atoms with E-state index in [-0.39, 0.29) is 5.97 Å². The number of hydrogen-bond acceptors (Lipinski definition) is 3. The molecule has 0 atom stereocenters. The minimum Gasteiger partial charge on any atom is -0.481 e. The van der Waals surface area contributed by atoms with E-state index in [2.05, 4.69) is 11.3 Å². The van der Waals surface area contributed by atoms with Crippen LogP contribution in [0.4, 0.5) is 0 Å². The van der Waals surface area contributed by atoms with E-state index < -0.39 is 5.97 Å². The number of hydrogen-bond donors (Lipinski definition) is 1. The Hall–Kier alpha value is -1.32. The quantitative estimate of drug-likeness (QED) is 0.189. The van der Waals surface area contributed by atoms with E-state index >= 15 is 0 Å². The number of ether oxygens (including phenoxy) is 1. The Kier molecular flexibility index (Phi) is 17.0. The Bertz CT molecular complexity index is 326. The van der Waals surface area contributed by atoms with Crippen LogP contribution >= 0.6 is 0 Å². The predicted molar refractivity (Wildman–Crippen MR) is 97.8 cm³/mol. The molecule has 0 aromatic rings. The van der Waals surface area contributed by atoms with Crippen LogP contribution in [0.2, 0.25) is 0 Å². The number of unbranched alkanes of at least 4 members (excludes halogenated alkanes) is 13. The van der Waals surface area contributed by atoms with Gasteiger partial charge in [0, 0.05) is 12.8 Å². The maximum atomic E-state index is 11.1. The number of aliphatic carboxylic acids is 1. The Morgan fingerprint density at radius 2 is 1.00 bits per heavy atom. The van der Waals surface area contributed by atoms with Crippen LogP contribution in [0.25, 0.3) is 0 Å². The standard InChI is InChI=1S/C20H36O4/c1-2-24-20(23)18-16-14-12-10-8-6-4-3-5-7-9-11-13-15-17-19(21)22/h2H,1,3-18H2,(H,21,22). The molecule has 0 bridgehead atoms. The second-order valence-electron chi connectivity index (χ2n) is 6.50. The lowest BCUT2D eigenvalue weighted by Gasteiger charge is -2.03. The van der Waals surface area contributed by atoms with Crippen molar-refractivity contribution in [3.8, 4) is 0 Å². The van der Waals surface area contributed by atoms with Crippen LogP contribution < -0.4 is 0 Å². The van der Waals surface area contributed by atoms with E-state index in [0.29, 0.717) is 12.8 Å². The fourth-order valence-electron chi connectivity index (χ4n) is 2.82. The second kappa shape index (κ2) is 18.0. The first-order valence-corrected chi connectivity index (χ1v) is 9.69. The summed E-state index contributed by atoms with van der Waals surface area (Å²) in [6.07, 6.45) is 18.7. The molecule has 0 fully saturated rings. The van der Waals surface area contributed by atoms with Gasteiger partial charge in [0.15, 0.2) is 0 Å². The Morgan fingerprint density at radius 1 is 0.667 bits per heavy atom. The van der Waals surface area contributed by atoms with Crippen LogP contribution in [0.1, 0.15) is 103 Å². The molecule has 0 aromatic carbocycles. The molecule has 0 aliphatic carbocycles. The van der Waals surface area contributed by atoms with Crippen molar-refractivity contribution < 1.29 is 19.4 Å². The normalized spacial score (nSPS) is 10.5. The summed E-state index contributed by atoms with van der Waals surface area (Å²) >= 11 is 0. The van der Waals surface area contributed by atoms with Crippen LogP contribution in [-0.2, 0) is 14.3 Å². The predicted octanol–water partition coefficient (Wildman–Crippen LogP) is 6.00. The van der Waals surface area contributed by atoms with E-state index in [1.807, 2.05) is 0 Å². The van der Waals surface area contributed by atoms with Gasteiger partial charge in [-0.15, -0.1) is 0 Å². The molecule has 4 heteroatoms. The van der Waals surface area contributed by atoms with Gasteiger partial charge in [0.2, 0.25) is 0 Å². The fourth-order valence-corrected chi connectivity index (χ4v) is 2.82. The molecular formula is C20H36O4. The third-order valence-corrected chi connectivity index (χ3v) is 4.24. The zero-order chi connectivity index (χ0) is 17.9. The summed E-state index contributed by atoms with van der Waals surface area (Å²) in [6, 6.07) is 0. The smallest absolute Gasteiger partial charge is 0.310 e. The highest BCUT2D eigenvalue weighted by Crippen LogP contribution is 2.13.